The largest absolute Gasteiger partial charge is 0.339 e. The van der Waals surface area contributed by atoms with E-state index in [-0.39, 0.29) is 11.9 Å². The first kappa shape index (κ1) is 21.6. The Morgan fingerprint density at radius 3 is 2.41 bits per heavy atom. The number of nitrogens with zero attached hydrogens (tertiary/aromatic N) is 6. The molecular formula is C27H26N6O. The standard InChI is InChI=1S/C27H26N6O/c1-20(21-12-14-22(15-13-21)32-19-28-18-29-32)31(2)27(34)17-16-26-30-24-10-6-7-11-25(24)33(26)23-8-4-3-5-9-23/h3-15,18-20H,16-17H2,1-2H3. The van der Waals surface area contributed by atoms with Gasteiger partial charge in [0.2, 0.25) is 5.91 Å². The fourth-order valence-corrected chi connectivity index (χ4v) is 4.19. The van der Waals surface area contributed by atoms with E-state index in [0.717, 1.165) is 33.8 Å². The molecule has 2 heterocycles. The first-order chi connectivity index (χ1) is 16.6. The molecule has 0 aliphatic carbocycles. The molecule has 1 amide bonds. The second-order valence-electron chi connectivity index (χ2n) is 8.30. The van der Waals surface area contributed by atoms with Crippen LogP contribution >= 0.6 is 0 Å². The molecule has 0 aliphatic heterocycles. The number of amides is 1. The van der Waals surface area contributed by atoms with Gasteiger partial charge < -0.3 is 4.90 Å². The lowest BCUT2D eigenvalue weighted by molar-refractivity contribution is -0.131. The summed E-state index contributed by atoms with van der Waals surface area (Å²) < 4.78 is 3.86. The van der Waals surface area contributed by atoms with Gasteiger partial charge in [0.15, 0.2) is 0 Å². The number of rotatable bonds is 7. The van der Waals surface area contributed by atoms with Gasteiger partial charge in [-0.15, -0.1) is 0 Å². The van der Waals surface area contributed by atoms with E-state index in [1.165, 1.54) is 6.33 Å². The van der Waals surface area contributed by atoms with E-state index in [1.54, 1.807) is 15.9 Å². The molecule has 0 aliphatic rings. The third kappa shape index (κ3) is 4.20. The molecule has 34 heavy (non-hydrogen) atoms. The predicted octanol–water partition coefficient (Wildman–Crippen LogP) is 4.76. The van der Waals surface area contributed by atoms with Crippen molar-refractivity contribution in [1.29, 1.82) is 0 Å². The number of fused-ring (bicyclic) bond motifs is 1. The van der Waals surface area contributed by atoms with Crippen molar-refractivity contribution in [1.82, 2.24) is 29.2 Å². The topological polar surface area (TPSA) is 68.8 Å². The Labute approximate surface area is 198 Å². The van der Waals surface area contributed by atoms with E-state index < -0.39 is 0 Å². The van der Waals surface area contributed by atoms with Gasteiger partial charge >= 0.3 is 0 Å². The van der Waals surface area contributed by atoms with Gasteiger partial charge in [0, 0.05) is 25.6 Å². The van der Waals surface area contributed by atoms with Crippen LogP contribution in [-0.4, -0.2) is 42.2 Å². The smallest absolute Gasteiger partial charge is 0.223 e. The Balaban J connectivity index is 1.31. The second kappa shape index (κ2) is 9.31. The second-order valence-corrected chi connectivity index (χ2v) is 8.30. The highest BCUT2D eigenvalue weighted by molar-refractivity contribution is 5.79. The van der Waals surface area contributed by atoms with E-state index >= 15 is 0 Å². The van der Waals surface area contributed by atoms with Gasteiger partial charge in [-0.05, 0) is 48.9 Å². The normalized spacial score (nSPS) is 12.1. The van der Waals surface area contributed by atoms with E-state index in [1.807, 2.05) is 74.6 Å². The molecule has 0 spiro atoms. The van der Waals surface area contributed by atoms with Crippen LogP contribution in [0.1, 0.15) is 30.8 Å². The molecule has 3 aromatic carbocycles. The van der Waals surface area contributed by atoms with Crippen molar-refractivity contribution >= 4 is 16.9 Å². The molecule has 0 radical (unpaired) electrons. The summed E-state index contributed by atoms with van der Waals surface area (Å²) in [5, 5.41) is 4.16. The minimum absolute atomic E-state index is 0.0507. The quantitative estimate of drug-likeness (QED) is 0.359. The van der Waals surface area contributed by atoms with Crippen LogP contribution in [0.5, 0.6) is 0 Å². The summed E-state index contributed by atoms with van der Waals surface area (Å²) in [4.78, 5) is 23.7. The number of benzene rings is 3. The molecule has 0 N–H and O–H groups in total. The number of carbonyl (C=O) groups excluding carboxylic acids is 1. The lowest BCUT2D eigenvalue weighted by Crippen LogP contribution is -2.30. The number of aromatic nitrogens is 5. The molecule has 1 atom stereocenters. The van der Waals surface area contributed by atoms with Crippen molar-refractivity contribution in [2.45, 2.75) is 25.8 Å². The number of carbonyl (C=O) groups is 1. The summed E-state index contributed by atoms with van der Waals surface area (Å²) in [5.74, 6) is 0.971. The zero-order valence-corrected chi connectivity index (χ0v) is 19.2. The molecule has 0 bridgehead atoms. The van der Waals surface area contributed by atoms with Crippen molar-refractivity contribution in [2.75, 3.05) is 7.05 Å². The fourth-order valence-electron chi connectivity index (χ4n) is 4.19. The number of hydrogen-bond donors (Lipinski definition) is 0. The lowest BCUT2D eigenvalue weighted by atomic mass is 10.1. The Kier molecular flexibility index (Phi) is 5.91. The van der Waals surface area contributed by atoms with E-state index in [9.17, 15) is 4.79 Å². The number of imidazole rings is 1. The van der Waals surface area contributed by atoms with Crippen LogP contribution in [0.15, 0.2) is 91.5 Å². The van der Waals surface area contributed by atoms with E-state index in [0.29, 0.717) is 12.8 Å². The van der Waals surface area contributed by atoms with Gasteiger partial charge in [0.1, 0.15) is 18.5 Å². The zero-order chi connectivity index (χ0) is 23.5. The van der Waals surface area contributed by atoms with Crippen LogP contribution in [0.4, 0.5) is 0 Å². The van der Waals surface area contributed by atoms with Gasteiger partial charge in [-0.1, -0.05) is 42.5 Å². The Hall–Kier alpha value is -4.26. The molecule has 7 heteroatoms. The Bertz CT molecular complexity index is 1390. The van der Waals surface area contributed by atoms with Crippen molar-refractivity contribution < 1.29 is 4.79 Å². The number of hydrogen-bond acceptors (Lipinski definition) is 4. The Morgan fingerprint density at radius 1 is 0.941 bits per heavy atom. The van der Waals surface area contributed by atoms with Crippen molar-refractivity contribution in [3.63, 3.8) is 0 Å². The lowest BCUT2D eigenvalue weighted by Gasteiger charge is -2.25. The average Bonchev–Trinajstić information content (AvgIpc) is 3.55. The van der Waals surface area contributed by atoms with Gasteiger partial charge in [0.05, 0.1) is 22.8 Å². The van der Waals surface area contributed by atoms with E-state index in [4.69, 9.17) is 4.98 Å². The monoisotopic (exact) mass is 450 g/mol. The van der Waals surface area contributed by atoms with Crippen LogP contribution in [0.25, 0.3) is 22.4 Å². The first-order valence-corrected chi connectivity index (χ1v) is 11.3. The van der Waals surface area contributed by atoms with Crippen molar-refractivity contribution in [2.24, 2.45) is 0 Å². The maximum atomic E-state index is 13.1. The predicted molar refractivity (Wildman–Crippen MR) is 132 cm³/mol. The zero-order valence-electron chi connectivity index (χ0n) is 19.2. The van der Waals surface area contributed by atoms with Gasteiger partial charge in [-0.25, -0.2) is 14.6 Å². The van der Waals surface area contributed by atoms with Crippen LogP contribution in [0.2, 0.25) is 0 Å². The summed E-state index contributed by atoms with van der Waals surface area (Å²) in [5.41, 5.74) is 5.03. The molecule has 5 rings (SSSR count). The highest BCUT2D eigenvalue weighted by atomic mass is 16.2. The molecule has 1 unspecified atom stereocenters. The van der Waals surface area contributed by atoms with Crippen LogP contribution in [0, 0.1) is 0 Å². The highest BCUT2D eigenvalue weighted by Crippen LogP contribution is 2.24. The minimum atomic E-state index is -0.0507. The van der Waals surface area contributed by atoms with Gasteiger partial charge in [-0.3, -0.25) is 9.36 Å². The minimum Gasteiger partial charge on any atom is -0.339 e. The van der Waals surface area contributed by atoms with Crippen molar-refractivity contribution in [3.05, 3.63) is 103 Å². The van der Waals surface area contributed by atoms with Crippen LogP contribution in [0.3, 0.4) is 0 Å². The van der Waals surface area contributed by atoms with Crippen LogP contribution in [-0.2, 0) is 11.2 Å². The maximum absolute atomic E-state index is 13.1. The fraction of sp³-hybridized carbons (Fsp3) is 0.185. The third-order valence-electron chi connectivity index (χ3n) is 6.24. The summed E-state index contributed by atoms with van der Waals surface area (Å²) in [6, 6.07) is 26.2. The molecule has 0 saturated heterocycles. The number of para-hydroxylation sites is 3. The molecule has 2 aromatic heterocycles. The highest BCUT2D eigenvalue weighted by Gasteiger charge is 2.19. The summed E-state index contributed by atoms with van der Waals surface area (Å²) in [6.07, 6.45) is 4.12. The third-order valence-corrected chi connectivity index (χ3v) is 6.24. The SMILES string of the molecule is CC(c1ccc(-n2cncn2)cc1)N(C)C(=O)CCc1nc2ccccc2n1-c1ccccc1. The average molecular weight is 451 g/mol. The van der Waals surface area contributed by atoms with E-state index in [2.05, 4.69) is 32.8 Å². The molecule has 0 fully saturated rings. The first-order valence-electron chi connectivity index (χ1n) is 11.3. The van der Waals surface area contributed by atoms with Gasteiger partial charge in [-0.2, -0.15) is 5.10 Å². The molecule has 0 saturated carbocycles. The summed E-state index contributed by atoms with van der Waals surface area (Å²) in [7, 11) is 1.86. The molecular weight excluding hydrogens is 424 g/mol. The Morgan fingerprint density at radius 2 is 1.68 bits per heavy atom. The number of aryl methyl sites for hydroxylation is 1. The summed E-state index contributed by atoms with van der Waals surface area (Å²) in [6.45, 7) is 2.04. The molecule has 5 aromatic rings. The summed E-state index contributed by atoms with van der Waals surface area (Å²) >= 11 is 0. The molecule has 7 nitrogen and oxygen atoms in total. The van der Waals surface area contributed by atoms with Crippen LogP contribution < -0.4 is 0 Å². The molecule has 170 valence electrons. The van der Waals surface area contributed by atoms with Gasteiger partial charge in [0.25, 0.3) is 0 Å². The maximum Gasteiger partial charge on any atom is 0.223 e. The van der Waals surface area contributed by atoms with Crippen molar-refractivity contribution in [3.8, 4) is 11.4 Å².